The Bertz CT molecular complexity index is 1020. The molecule has 1 N–H and O–H groups in total. The molecule has 5 heteroatoms. The zero-order valence-electron chi connectivity index (χ0n) is 17.2. The van der Waals surface area contributed by atoms with Crippen LogP contribution < -0.4 is 10.1 Å². The van der Waals surface area contributed by atoms with Gasteiger partial charge in [0.1, 0.15) is 5.75 Å². The highest BCUT2D eigenvalue weighted by atomic mass is 35.5. The number of carbonyl (C=O) groups excluding carboxylic acids is 1. The van der Waals surface area contributed by atoms with Crippen LogP contribution in [0.5, 0.6) is 5.75 Å². The number of ether oxygens (including phenoxy) is 1. The Hall–Kier alpha value is -2.56. The fraction of sp³-hybridized carbons (Fsp3) is 0.320. The fourth-order valence-corrected chi connectivity index (χ4v) is 4.26. The van der Waals surface area contributed by atoms with Gasteiger partial charge in [-0.05, 0) is 54.3 Å². The van der Waals surface area contributed by atoms with Gasteiger partial charge in [-0.3, -0.25) is 9.69 Å². The molecule has 4 nitrogen and oxygen atoms in total. The third-order valence-corrected chi connectivity index (χ3v) is 5.97. The first-order valence-corrected chi connectivity index (χ1v) is 10.9. The Kier molecular flexibility index (Phi) is 6.56. The van der Waals surface area contributed by atoms with Gasteiger partial charge in [0.05, 0.1) is 11.6 Å². The average molecular weight is 423 g/mol. The number of fused-ring (bicyclic) bond motifs is 1. The van der Waals surface area contributed by atoms with E-state index in [1.165, 1.54) is 5.56 Å². The summed E-state index contributed by atoms with van der Waals surface area (Å²) in [5.74, 6) is 0.762. The maximum absolute atomic E-state index is 12.9. The average Bonchev–Trinajstić information content (AvgIpc) is 2.77. The summed E-state index contributed by atoms with van der Waals surface area (Å²) in [5, 5.41) is 5.99. The molecular formula is C25H27ClN2O2. The van der Waals surface area contributed by atoms with Gasteiger partial charge in [0, 0.05) is 31.2 Å². The molecule has 1 heterocycles. The van der Waals surface area contributed by atoms with Crippen LogP contribution in [-0.4, -0.2) is 36.5 Å². The zero-order valence-corrected chi connectivity index (χ0v) is 18.0. The number of rotatable bonds is 6. The first-order valence-electron chi connectivity index (χ1n) is 10.6. The smallest absolute Gasteiger partial charge is 0.252 e. The standard InChI is InChI=1S/C25H27ClN2O2/c1-2-30-24-16-18(10-11-23(24)26)17-28-14-12-20(13-15-28)27-25(29)22-9-5-7-19-6-3-4-8-21(19)22/h3-11,16,20H,2,12-15,17H2,1H3,(H,27,29). The Morgan fingerprint density at radius 2 is 1.87 bits per heavy atom. The molecule has 156 valence electrons. The monoisotopic (exact) mass is 422 g/mol. The van der Waals surface area contributed by atoms with E-state index in [2.05, 4.69) is 16.3 Å². The summed E-state index contributed by atoms with van der Waals surface area (Å²) >= 11 is 6.19. The number of carbonyl (C=O) groups is 1. The lowest BCUT2D eigenvalue weighted by atomic mass is 10.0. The number of likely N-dealkylation sites (tertiary alicyclic amines) is 1. The molecule has 0 aliphatic carbocycles. The van der Waals surface area contributed by atoms with E-state index in [0.717, 1.165) is 54.6 Å². The van der Waals surface area contributed by atoms with Crippen molar-refractivity contribution in [2.45, 2.75) is 32.4 Å². The van der Waals surface area contributed by atoms with Crippen molar-refractivity contribution in [2.75, 3.05) is 19.7 Å². The molecular weight excluding hydrogens is 396 g/mol. The van der Waals surface area contributed by atoms with Gasteiger partial charge in [-0.2, -0.15) is 0 Å². The van der Waals surface area contributed by atoms with Crippen molar-refractivity contribution in [2.24, 2.45) is 0 Å². The molecule has 1 aliphatic rings. The number of hydrogen-bond acceptors (Lipinski definition) is 3. The number of piperidine rings is 1. The molecule has 30 heavy (non-hydrogen) atoms. The first-order chi connectivity index (χ1) is 14.6. The van der Waals surface area contributed by atoms with Crippen molar-refractivity contribution in [1.82, 2.24) is 10.2 Å². The third-order valence-electron chi connectivity index (χ3n) is 5.66. The normalized spacial score (nSPS) is 15.3. The molecule has 4 rings (SSSR count). The van der Waals surface area contributed by atoms with Gasteiger partial charge < -0.3 is 10.1 Å². The van der Waals surface area contributed by atoms with Gasteiger partial charge >= 0.3 is 0 Å². The molecule has 1 aliphatic heterocycles. The molecule has 0 aromatic heterocycles. The summed E-state index contributed by atoms with van der Waals surface area (Å²) < 4.78 is 5.60. The second-order valence-corrected chi connectivity index (χ2v) is 8.16. The minimum Gasteiger partial charge on any atom is -0.492 e. The van der Waals surface area contributed by atoms with Gasteiger partial charge in [-0.1, -0.05) is 54.1 Å². The minimum absolute atomic E-state index is 0.0179. The lowest BCUT2D eigenvalue weighted by molar-refractivity contribution is 0.0910. The van der Waals surface area contributed by atoms with E-state index < -0.39 is 0 Å². The zero-order chi connectivity index (χ0) is 20.9. The van der Waals surface area contributed by atoms with Crippen molar-refractivity contribution < 1.29 is 9.53 Å². The quantitative estimate of drug-likeness (QED) is 0.587. The van der Waals surface area contributed by atoms with Crippen LogP contribution >= 0.6 is 11.6 Å². The minimum atomic E-state index is 0.0179. The SMILES string of the molecule is CCOc1cc(CN2CCC(NC(=O)c3cccc4ccccc34)CC2)ccc1Cl. The number of halogens is 1. The van der Waals surface area contributed by atoms with E-state index >= 15 is 0 Å². The molecule has 1 fully saturated rings. The summed E-state index contributed by atoms with van der Waals surface area (Å²) in [6.45, 7) is 5.33. The molecule has 3 aromatic carbocycles. The highest BCUT2D eigenvalue weighted by Gasteiger charge is 2.22. The Morgan fingerprint density at radius 1 is 1.10 bits per heavy atom. The largest absolute Gasteiger partial charge is 0.492 e. The lowest BCUT2D eigenvalue weighted by Crippen LogP contribution is -2.44. The topological polar surface area (TPSA) is 41.6 Å². The van der Waals surface area contributed by atoms with Crippen LogP contribution in [0.25, 0.3) is 10.8 Å². The Morgan fingerprint density at radius 3 is 2.67 bits per heavy atom. The first kappa shape index (κ1) is 20.7. The second kappa shape index (κ2) is 9.50. The molecule has 1 amide bonds. The molecule has 0 spiro atoms. The van der Waals surface area contributed by atoms with Crippen LogP contribution in [0.1, 0.15) is 35.7 Å². The maximum Gasteiger partial charge on any atom is 0.252 e. The van der Waals surface area contributed by atoms with E-state index in [1.54, 1.807) is 0 Å². The Labute approximate surface area is 182 Å². The lowest BCUT2D eigenvalue weighted by Gasteiger charge is -2.32. The number of nitrogens with one attached hydrogen (secondary N) is 1. The second-order valence-electron chi connectivity index (χ2n) is 7.75. The maximum atomic E-state index is 12.9. The van der Waals surface area contributed by atoms with Crippen molar-refractivity contribution in [3.05, 3.63) is 76.8 Å². The van der Waals surface area contributed by atoms with E-state index in [4.69, 9.17) is 16.3 Å². The van der Waals surface area contributed by atoms with E-state index in [9.17, 15) is 4.79 Å². The van der Waals surface area contributed by atoms with Crippen molar-refractivity contribution in [3.8, 4) is 5.75 Å². The number of amides is 1. The Balaban J connectivity index is 1.33. The van der Waals surface area contributed by atoms with Gasteiger partial charge in [-0.15, -0.1) is 0 Å². The summed E-state index contributed by atoms with van der Waals surface area (Å²) in [7, 11) is 0. The molecule has 0 bridgehead atoms. The summed E-state index contributed by atoms with van der Waals surface area (Å²) in [6, 6.07) is 20.1. The van der Waals surface area contributed by atoms with E-state index in [-0.39, 0.29) is 11.9 Å². The summed E-state index contributed by atoms with van der Waals surface area (Å²) in [5.41, 5.74) is 1.95. The molecule has 0 saturated carbocycles. The van der Waals surface area contributed by atoms with Crippen LogP contribution in [0.3, 0.4) is 0 Å². The third kappa shape index (κ3) is 4.77. The summed E-state index contributed by atoms with van der Waals surface area (Å²) in [6.07, 6.45) is 1.89. The highest BCUT2D eigenvalue weighted by Crippen LogP contribution is 2.27. The van der Waals surface area contributed by atoms with Crippen molar-refractivity contribution in [3.63, 3.8) is 0 Å². The predicted molar refractivity (Wildman–Crippen MR) is 122 cm³/mol. The fourth-order valence-electron chi connectivity index (χ4n) is 4.09. The van der Waals surface area contributed by atoms with Crippen LogP contribution in [0.2, 0.25) is 5.02 Å². The van der Waals surface area contributed by atoms with Crippen molar-refractivity contribution in [1.29, 1.82) is 0 Å². The van der Waals surface area contributed by atoms with Crippen LogP contribution in [0.4, 0.5) is 0 Å². The molecule has 0 atom stereocenters. The number of hydrogen-bond donors (Lipinski definition) is 1. The highest BCUT2D eigenvalue weighted by molar-refractivity contribution is 6.32. The van der Waals surface area contributed by atoms with Crippen LogP contribution in [-0.2, 0) is 6.54 Å². The predicted octanol–water partition coefficient (Wildman–Crippen LogP) is 5.29. The van der Waals surface area contributed by atoms with Gasteiger partial charge in [0.15, 0.2) is 0 Å². The molecule has 3 aromatic rings. The number of nitrogens with zero attached hydrogens (tertiary/aromatic N) is 1. The summed E-state index contributed by atoms with van der Waals surface area (Å²) in [4.78, 5) is 15.3. The molecule has 0 radical (unpaired) electrons. The number of benzene rings is 3. The molecule has 1 saturated heterocycles. The van der Waals surface area contributed by atoms with Crippen LogP contribution in [0, 0.1) is 0 Å². The van der Waals surface area contributed by atoms with Crippen molar-refractivity contribution >= 4 is 28.3 Å². The van der Waals surface area contributed by atoms with Gasteiger partial charge in [0.25, 0.3) is 5.91 Å². The van der Waals surface area contributed by atoms with E-state index in [1.807, 2.05) is 61.5 Å². The van der Waals surface area contributed by atoms with E-state index in [0.29, 0.717) is 11.6 Å². The van der Waals surface area contributed by atoms with Gasteiger partial charge in [-0.25, -0.2) is 0 Å². The van der Waals surface area contributed by atoms with Gasteiger partial charge in [0.2, 0.25) is 0 Å². The van der Waals surface area contributed by atoms with Crippen LogP contribution in [0.15, 0.2) is 60.7 Å². The molecule has 0 unspecified atom stereocenters.